The van der Waals surface area contributed by atoms with Crippen molar-refractivity contribution >= 4 is 5.69 Å². The number of methoxy groups -OCH3 is 1. The largest absolute Gasteiger partial charge is 0.493 e. The van der Waals surface area contributed by atoms with Gasteiger partial charge in [0.1, 0.15) is 0 Å². The second kappa shape index (κ2) is 6.56. The highest BCUT2D eigenvalue weighted by atomic mass is 16.6. The van der Waals surface area contributed by atoms with Gasteiger partial charge in [-0.3, -0.25) is 10.1 Å². The summed E-state index contributed by atoms with van der Waals surface area (Å²) >= 11 is 0. The maximum Gasteiger partial charge on any atom is 0.278 e. The highest BCUT2D eigenvalue weighted by Crippen LogP contribution is 2.36. The Kier molecular flexibility index (Phi) is 4.79. The van der Waals surface area contributed by atoms with Crippen LogP contribution in [0, 0.1) is 16.0 Å². The van der Waals surface area contributed by atoms with Crippen LogP contribution in [0.25, 0.3) is 0 Å². The van der Waals surface area contributed by atoms with Crippen molar-refractivity contribution in [1.29, 1.82) is 0 Å². The van der Waals surface area contributed by atoms with Gasteiger partial charge in [-0.2, -0.15) is 0 Å². The monoisotopic (exact) mass is 281 g/mol. The van der Waals surface area contributed by atoms with E-state index in [1.807, 2.05) is 0 Å². The van der Waals surface area contributed by atoms with Crippen molar-refractivity contribution in [2.45, 2.75) is 32.3 Å². The van der Waals surface area contributed by atoms with E-state index in [-0.39, 0.29) is 11.3 Å². The van der Waals surface area contributed by atoms with E-state index in [9.17, 15) is 15.2 Å². The second-order valence-corrected chi connectivity index (χ2v) is 5.01. The van der Waals surface area contributed by atoms with Gasteiger partial charge in [-0.05, 0) is 24.8 Å². The summed E-state index contributed by atoms with van der Waals surface area (Å²) in [6.07, 6.45) is 4.71. The van der Waals surface area contributed by atoms with E-state index in [1.54, 1.807) is 0 Å². The Morgan fingerprint density at radius 2 is 2.05 bits per heavy atom. The number of nitrogens with zero attached hydrogens (tertiary/aromatic N) is 1. The molecule has 0 unspecified atom stereocenters. The lowest BCUT2D eigenvalue weighted by molar-refractivity contribution is -0.385. The Hall–Kier alpha value is -1.82. The van der Waals surface area contributed by atoms with Gasteiger partial charge in [0.05, 0.1) is 36.9 Å². The molecule has 1 aliphatic rings. The lowest BCUT2D eigenvalue weighted by Gasteiger charge is -2.15. The minimum Gasteiger partial charge on any atom is -0.493 e. The molecule has 0 amide bonds. The molecule has 6 nitrogen and oxygen atoms in total. The molecule has 110 valence electrons. The van der Waals surface area contributed by atoms with Crippen LogP contribution in [-0.4, -0.2) is 23.7 Å². The van der Waals surface area contributed by atoms with E-state index in [2.05, 4.69) is 0 Å². The van der Waals surface area contributed by atoms with Crippen molar-refractivity contribution < 1.29 is 19.5 Å². The average molecular weight is 281 g/mol. The molecule has 6 heteroatoms. The van der Waals surface area contributed by atoms with Crippen molar-refractivity contribution in [3.05, 3.63) is 27.8 Å². The molecule has 0 heterocycles. The quantitative estimate of drug-likeness (QED) is 0.640. The summed E-state index contributed by atoms with van der Waals surface area (Å²) in [6, 6.07) is 2.79. The van der Waals surface area contributed by atoms with E-state index in [0.29, 0.717) is 24.0 Å². The molecule has 1 saturated carbocycles. The Morgan fingerprint density at radius 1 is 1.35 bits per heavy atom. The van der Waals surface area contributed by atoms with Gasteiger partial charge >= 0.3 is 0 Å². The number of rotatable bonds is 6. The van der Waals surface area contributed by atoms with Crippen LogP contribution in [-0.2, 0) is 6.61 Å². The summed E-state index contributed by atoms with van der Waals surface area (Å²) in [5.41, 5.74) is 0.0785. The lowest BCUT2D eigenvalue weighted by Crippen LogP contribution is -2.09. The number of hydrogen-bond donors (Lipinski definition) is 1. The first-order valence-electron chi connectivity index (χ1n) is 6.74. The predicted octanol–water partition coefficient (Wildman–Crippen LogP) is 2.66. The summed E-state index contributed by atoms with van der Waals surface area (Å²) < 4.78 is 10.9. The van der Waals surface area contributed by atoms with Crippen LogP contribution in [0.2, 0.25) is 0 Å². The van der Waals surface area contributed by atoms with Crippen molar-refractivity contribution in [1.82, 2.24) is 0 Å². The maximum absolute atomic E-state index is 11.0. The van der Waals surface area contributed by atoms with Crippen LogP contribution >= 0.6 is 0 Å². The zero-order valence-electron chi connectivity index (χ0n) is 11.5. The van der Waals surface area contributed by atoms with Gasteiger partial charge in [-0.25, -0.2) is 0 Å². The fourth-order valence-electron chi connectivity index (χ4n) is 2.54. The number of hydrogen-bond acceptors (Lipinski definition) is 5. The van der Waals surface area contributed by atoms with Crippen molar-refractivity contribution in [3.8, 4) is 11.5 Å². The predicted molar refractivity (Wildman–Crippen MR) is 73.0 cm³/mol. The standard InChI is InChI=1S/C14H19NO5/c1-19-13-6-11(8-16)12(15(17)18)7-14(13)20-9-10-4-2-3-5-10/h6-7,10,16H,2-5,8-9H2,1H3. The van der Waals surface area contributed by atoms with Crippen LogP contribution in [0.3, 0.4) is 0 Å². The van der Waals surface area contributed by atoms with Crippen LogP contribution < -0.4 is 9.47 Å². The summed E-state index contributed by atoms with van der Waals surface area (Å²) in [4.78, 5) is 10.5. The van der Waals surface area contributed by atoms with Crippen LogP contribution in [0.5, 0.6) is 11.5 Å². The number of aliphatic hydroxyl groups excluding tert-OH is 1. The van der Waals surface area contributed by atoms with E-state index >= 15 is 0 Å². The number of benzene rings is 1. The van der Waals surface area contributed by atoms with Gasteiger partial charge < -0.3 is 14.6 Å². The maximum atomic E-state index is 11.0. The van der Waals surface area contributed by atoms with E-state index in [4.69, 9.17) is 9.47 Å². The van der Waals surface area contributed by atoms with Crippen LogP contribution in [0.15, 0.2) is 12.1 Å². The molecule has 1 aliphatic carbocycles. The molecule has 0 atom stereocenters. The number of ether oxygens (including phenoxy) is 2. The molecule has 1 fully saturated rings. The highest BCUT2D eigenvalue weighted by molar-refractivity contribution is 5.54. The molecule has 0 aromatic heterocycles. The van der Waals surface area contributed by atoms with Gasteiger partial charge in [0.2, 0.25) is 0 Å². The van der Waals surface area contributed by atoms with E-state index < -0.39 is 11.5 Å². The van der Waals surface area contributed by atoms with Gasteiger partial charge in [-0.1, -0.05) is 12.8 Å². The summed E-state index contributed by atoms with van der Waals surface area (Å²) in [5.74, 6) is 1.29. The third kappa shape index (κ3) is 3.19. The molecule has 1 aromatic carbocycles. The van der Waals surface area contributed by atoms with Gasteiger partial charge in [0.25, 0.3) is 5.69 Å². The van der Waals surface area contributed by atoms with Gasteiger partial charge in [0.15, 0.2) is 11.5 Å². The Labute approximate surface area is 117 Å². The Morgan fingerprint density at radius 3 is 2.60 bits per heavy atom. The highest BCUT2D eigenvalue weighted by Gasteiger charge is 2.21. The molecule has 0 radical (unpaired) electrons. The minimum atomic E-state index is -0.520. The fourth-order valence-corrected chi connectivity index (χ4v) is 2.54. The molecule has 0 spiro atoms. The third-order valence-electron chi connectivity index (χ3n) is 3.68. The second-order valence-electron chi connectivity index (χ2n) is 5.01. The zero-order chi connectivity index (χ0) is 14.5. The van der Waals surface area contributed by atoms with Gasteiger partial charge in [0, 0.05) is 0 Å². The van der Waals surface area contributed by atoms with Crippen molar-refractivity contribution in [2.24, 2.45) is 5.92 Å². The smallest absolute Gasteiger partial charge is 0.278 e. The number of nitro benzene ring substituents is 1. The average Bonchev–Trinajstić information content (AvgIpc) is 2.97. The first-order chi connectivity index (χ1) is 9.65. The van der Waals surface area contributed by atoms with Crippen molar-refractivity contribution in [3.63, 3.8) is 0 Å². The number of aliphatic hydroxyl groups is 1. The molecule has 1 N–H and O–H groups in total. The van der Waals surface area contributed by atoms with Crippen LogP contribution in [0.1, 0.15) is 31.2 Å². The molecule has 0 aliphatic heterocycles. The van der Waals surface area contributed by atoms with Gasteiger partial charge in [-0.15, -0.1) is 0 Å². The molecule has 1 aromatic rings. The molecule has 2 rings (SSSR count). The Balaban J connectivity index is 2.20. The molecule has 0 saturated heterocycles. The minimum absolute atomic E-state index is 0.144. The molecule has 0 bridgehead atoms. The van der Waals surface area contributed by atoms with E-state index in [0.717, 1.165) is 12.8 Å². The first kappa shape index (κ1) is 14.6. The van der Waals surface area contributed by atoms with Crippen molar-refractivity contribution in [2.75, 3.05) is 13.7 Å². The SMILES string of the molecule is COc1cc(CO)c([N+](=O)[O-])cc1OCC1CCCC1. The topological polar surface area (TPSA) is 81.8 Å². The fraction of sp³-hybridized carbons (Fsp3) is 0.571. The molecular formula is C14H19NO5. The summed E-state index contributed by atoms with van der Waals surface area (Å²) in [5, 5.41) is 20.2. The summed E-state index contributed by atoms with van der Waals surface area (Å²) in [6.45, 7) is 0.140. The zero-order valence-corrected chi connectivity index (χ0v) is 11.5. The molecule has 20 heavy (non-hydrogen) atoms. The normalized spacial score (nSPS) is 15.3. The third-order valence-corrected chi connectivity index (χ3v) is 3.68. The molecular weight excluding hydrogens is 262 g/mol. The summed E-state index contributed by atoms with van der Waals surface area (Å²) in [7, 11) is 1.48. The lowest BCUT2D eigenvalue weighted by atomic mass is 10.1. The number of nitro groups is 1. The van der Waals surface area contributed by atoms with Crippen LogP contribution in [0.4, 0.5) is 5.69 Å². The van der Waals surface area contributed by atoms with E-state index in [1.165, 1.54) is 32.1 Å². The Bertz CT molecular complexity index is 483. The first-order valence-corrected chi connectivity index (χ1v) is 6.74.